The van der Waals surface area contributed by atoms with Gasteiger partial charge in [-0.3, -0.25) is 19.4 Å². The summed E-state index contributed by atoms with van der Waals surface area (Å²) in [6, 6.07) is 1.90. The molecule has 7 heteroatoms. The Balaban J connectivity index is 2.78. The molecule has 7 nitrogen and oxygen atoms in total. The number of carbonyl (C=O) groups is 3. The molecule has 0 amide bonds. The Morgan fingerprint density at radius 1 is 0.960 bits per heavy atom. The third-order valence-corrected chi connectivity index (χ3v) is 4.07. The van der Waals surface area contributed by atoms with Gasteiger partial charge in [-0.15, -0.1) is 0 Å². The van der Waals surface area contributed by atoms with Crippen LogP contribution in [0.25, 0.3) is 0 Å². The second-order valence-corrected chi connectivity index (χ2v) is 6.22. The Morgan fingerprint density at radius 3 is 2.04 bits per heavy atom. The topological polar surface area (TPSA) is 125 Å². The van der Waals surface area contributed by atoms with E-state index in [-0.39, 0.29) is 12.8 Å². The first-order valence-electron chi connectivity index (χ1n) is 8.42. The summed E-state index contributed by atoms with van der Waals surface area (Å²) in [4.78, 5) is 36.6. The molecule has 0 saturated carbocycles. The maximum absolute atomic E-state index is 10.9. The van der Waals surface area contributed by atoms with Crippen LogP contribution in [0.5, 0.6) is 0 Å². The van der Waals surface area contributed by atoms with Gasteiger partial charge in [0.25, 0.3) is 0 Å². The SMILES string of the molecule is CC(CCc1cc(CCCC(=O)O)c(CCCC(=O)O)cn1)C(=O)O. The van der Waals surface area contributed by atoms with Crippen molar-refractivity contribution in [2.24, 2.45) is 5.92 Å². The number of carboxylic acid groups (broad SMARTS) is 3. The quantitative estimate of drug-likeness (QED) is 0.528. The third-order valence-electron chi connectivity index (χ3n) is 4.07. The van der Waals surface area contributed by atoms with Gasteiger partial charge in [-0.25, -0.2) is 0 Å². The second kappa shape index (κ2) is 10.4. The zero-order chi connectivity index (χ0) is 18.8. The van der Waals surface area contributed by atoms with Crippen molar-refractivity contribution in [2.45, 2.75) is 58.3 Å². The van der Waals surface area contributed by atoms with Crippen molar-refractivity contribution in [3.8, 4) is 0 Å². The largest absolute Gasteiger partial charge is 0.481 e. The maximum atomic E-state index is 10.9. The monoisotopic (exact) mass is 351 g/mol. The number of aryl methyl sites for hydroxylation is 3. The molecule has 0 aliphatic heterocycles. The van der Waals surface area contributed by atoms with Crippen LogP contribution in [0.2, 0.25) is 0 Å². The summed E-state index contributed by atoms with van der Waals surface area (Å²) in [5, 5.41) is 26.5. The predicted molar refractivity (Wildman–Crippen MR) is 90.5 cm³/mol. The van der Waals surface area contributed by atoms with Crippen LogP contribution in [0.3, 0.4) is 0 Å². The van der Waals surface area contributed by atoms with Gasteiger partial charge >= 0.3 is 17.9 Å². The molecule has 0 radical (unpaired) electrons. The van der Waals surface area contributed by atoms with Crippen LogP contribution in [0.4, 0.5) is 0 Å². The summed E-state index contributed by atoms with van der Waals surface area (Å²) >= 11 is 0. The Labute approximate surface area is 146 Å². The minimum absolute atomic E-state index is 0.0717. The lowest BCUT2D eigenvalue weighted by Crippen LogP contribution is -2.11. The van der Waals surface area contributed by atoms with Crippen LogP contribution in [0.15, 0.2) is 12.3 Å². The zero-order valence-corrected chi connectivity index (χ0v) is 14.4. The summed E-state index contributed by atoms with van der Waals surface area (Å²) in [6.45, 7) is 1.65. The van der Waals surface area contributed by atoms with Crippen molar-refractivity contribution in [1.29, 1.82) is 0 Å². The number of pyridine rings is 1. The molecule has 0 aliphatic carbocycles. The number of nitrogens with zero attached hydrogens (tertiary/aromatic N) is 1. The fraction of sp³-hybridized carbons (Fsp3) is 0.556. The average molecular weight is 351 g/mol. The molecule has 138 valence electrons. The average Bonchev–Trinajstić information content (AvgIpc) is 2.53. The first-order valence-corrected chi connectivity index (χ1v) is 8.42. The van der Waals surface area contributed by atoms with E-state index in [1.807, 2.05) is 6.07 Å². The maximum Gasteiger partial charge on any atom is 0.306 e. The lowest BCUT2D eigenvalue weighted by Gasteiger charge is -2.12. The number of hydrogen-bond acceptors (Lipinski definition) is 4. The van der Waals surface area contributed by atoms with Crippen molar-refractivity contribution >= 4 is 17.9 Å². The third kappa shape index (κ3) is 8.28. The van der Waals surface area contributed by atoms with E-state index in [9.17, 15) is 14.4 Å². The van der Waals surface area contributed by atoms with Crippen LogP contribution in [0.1, 0.15) is 55.8 Å². The number of rotatable bonds is 12. The molecule has 0 saturated heterocycles. The fourth-order valence-corrected chi connectivity index (χ4v) is 2.52. The van der Waals surface area contributed by atoms with Gasteiger partial charge in [-0.2, -0.15) is 0 Å². The van der Waals surface area contributed by atoms with Crippen LogP contribution < -0.4 is 0 Å². The molecule has 1 heterocycles. The van der Waals surface area contributed by atoms with E-state index in [1.54, 1.807) is 13.1 Å². The molecule has 1 aromatic rings. The highest BCUT2D eigenvalue weighted by atomic mass is 16.4. The normalized spacial score (nSPS) is 11.9. The highest BCUT2D eigenvalue weighted by Gasteiger charge is 2.13. The van der Waals surface area contributed by atoms with Crippen molar-refractivity contribution in [2.75, 3.05) is 0 Å². The second-order valence-electron chi connectivity index (χ2n) is 6.22. The molecule has 0 aromatic carbocycles. The predicted octanol–water partition coefficient (Wildman–Crippen LogP) is 2.55. The van der Waals surface area contributed by atoms with Gasteiger partial charge in [0, 0.05) is 24.7 Å². The Morgan fingerprint density at radius 2 is 1.52 bits per heavy atom. The molecule has 3 N–H and O–H groups in total. The molecule has 1 unspecified atom stereocenters. The summed E-state index contributed by atoms with van der Waals surface area (Å²) in [6.07, 6.45) is 5.03. The van der Waals surface area contributed by atoms with E-state index in [4.69, 9.17) is 15.3 Å². The van der Waals surface area contributed by atoms with Crippen molar-refractivity contribution in [1.82, 2.24) is 4.98 Å². The van der Waals surface area contributed by atoms with Gasteiger partial charge in [-0.05, 0) is 55.7 Å². The van der Waals surface area contributed by atoms with E-state index in [0.29, 0.717) is 38.5 Å². The molecule has 1 aromatic heterocycles. The minimum Gasteiger partial charge on any atom is -0.481 e. The highest BCUT2D eigenvalue weighted by molar-refractivity contribution is 5.69. The lowest BCUT2D eigenvalue weighted by atomic mass is 9.97. The van der Waals surface area contributed by atoms with Crippen LogP contribution in [0, 0.1) is 5.92 Å². The number of carboxylic acids is 3. The summed E-state index contributed by atoms with van der Waals surface area (Å²) in [5.74, 6) is -2.99. The molecule has 1 rings (SSSR count). The Kier molecular flexibility index (Phi) is 8.60. The molecule has 1 atom stereocenters. The van der Waals surface area contributed by atoms with Crippen LogP contribution in [-0.4, -0.2) is 38.2 Å². The standard InChI is InChI=1S/C18H25NO6/c1-12(18(24)25)8-9-15-10-13(4-2-6-16(20)21)14(11-19-15)5-3-7-17(22)23/h10-12H,2-9H2,1H3,(H,20,21)(H,22,23)(H,24,25). The Bertz CT molecular complexity index is 614. The first kappa shape index (κ1) is 20.6. The van der Waals surface area contributed by atoms with E-state index < -0.39 is 23.8 Å². The van der Waals surface area contributed by atoms with Gasteiger partial charge in [0.15, 0.2) is 0 Å². The number of aliphatic carboxylic acids is 3. The summed E-state index contributed by atoms with van der Waals surface area (Å²) in [7, 11) is 0. The minimum atomic E-state index is -0.850. The molecular formula is C18H25NO6. The van der Waals surface area contributed by atoms with Gasteiger partial charge in [0.05, 0.1) is 5.92 Å². The molecule has 0 spiro atoms. The van der Waals surface area contributed by atoms with Gasteiger partial charge in [0.2, 0.25) is 0 Å². The van der Waals surface area contributed by atoms with E-state index in [2.05, 4.69) is 4.98 Å². The van der Waals surface area contributed by atoms with Crippen LogP contribution in [-0.2, 0) is 33.6 Å². The van der Waals surface area contributed by atoms with E-state index in [1.165, 1.54) is 0 Å². The number of hydrogen-bond donors (Lipinski definition) is 3. The Hall–Kier alpha value is -2.44. The van der Waals surface area contributed by atoms with Crippen molar-refractivity contribution in [3.05, 3.63) is 29.1 Å². The van der Waals surface area contributed by atoms with Crippen molar-refractivity contribution in [3.63, 3.8) is 0 Å². The molecule has 25 heavy (non-hydrogen) atoms. The zero-order valence-electron chi connectivity index (χ0n) is 14.4. The molecular weight excluding hydrogens is 326 g/mol. The van der Waals surface area contributed by atoms with E-state index >= 15 is 0 Å². The highest BCUT2D eigenvalue weighted by Crippen LogP contribution is 2.18. The van der Waals surface area contributed by atoms with Crippen LogP contribution >= 0.6 is 0 Å². The summed E-state index contributed by atoms with van der Waals surface area (Å²) < 4.78 is 0. The molecule has 0 aliphatic rings. The van der Waals surface area contributed by atoms with Gasteiger partial charge in [0.1, 0.15) is 0 Å². The summed E-state index contributed by atoms with van der Waals surface area (Å²) in [5.41, 5.74) is 2.68. The number of aromatic nitrogens is 1. The molecule has 0 fully saturated rings. The first-order chi connectivity index (χ1) is 11.8. The fourth-order valence-electron chi connectivity index (χ4n) is 2.52. The van der Waals surface area contributed by atoms with Gasteiger partial charge in [-0.1, -0.05) is 6.92 Å². The lowest BCUT2D eigenvalue weighted by molar-refractivity contribution is -0.141. The van der Waals surface area contributed by atoms with Gasteiger partial charge < -0.3 is 15.3 Å². The smallest absolute Gasteiger partial charge is 0.306 e. The van der Waals surface area contributed by atoms with Crippen molar-refractivity contribution < 1.29 is 29.7 Å². The molecule has 0 bridgehead atoms. The van der Waals surface area contributed by atoms with E-state index in [0.717, 1.165) is 16.8 Å².